The average molecular weight is 733 g/mol. The highest BCUT2D eigenvalue weighted by atomic mass is 35.5. The van der Waals surface area contributed by atoms with Crippen molar-refractivity contribution in [2.24, 2.45) is 11.8 Å². The molecule has 37 heavy (non-hydrogen) atoms. The van der Waals surface area contributed by atoms with Crippen LogP contribution in [0.2, 0.25) is 50.2 Å². The molecule has 2 atom stereocenters. The third kappa shape index (κ3) is 6.94. The summed E-state index contributed by atoms with van der Waals surface area (Å²) in [5, 5.41) is -2.08. The summed E-state index contributed by atoms with van der Waals surface area (Å²) in [6.45, 7) is 0. The van der Waals surface area contributed by atoms with Crippen LogP contribution in [-0.4, -0.2) is 31.9 Å². The first-order valence-electron chi connectivity index (χ1n) is 9.70. The molecule has 2 aromatic carbocycles. The van der Waals surface area contributed by atoms with E-state index in [0.717, 1.165) is 0 Å². The molecule has 2 aromatic rings. The van der Waals surface area contributed by atoms with Gasteiger partial charge in [0.05, 0.1) is 54.5 Å². The van der Waals surface area contributed by atoms with Crippen molar-refractivity contribution in [1.29, 1.82) is 0 Å². The molecular formula is C20H10Cl10O6S. The standard InChI is InChI=1S/C20H10Cl10O6S/c21-9-11(23)15(27)19(16(28)12(9)24)35-7(31)1-5-3-37(33,34)4-6(5)2-8(32)36-20-17(29)13(25)10(22)14(26)18(20)30/h5-6H,1-4H2. The van der Waals surface area contributed by atoms with E-state index in [1.54, 1.807) is 0 Å². The van der Waals surface area contributed by atoms with E-state index in [2.05, 4.69) is 0 Å². The molecule has 1 aliphatic heterocycles. The predicted octanol–water partition coefficient (Wildman–Crippen LogP) is 9.17. The van der Waals surface area contributed by atoms with Gasteiger partial charge in [-0.3, -0.25) is 9.59 Å². The summed E-state index contributed by atoms with van der Waals surface area (Å²) in [7, 11) is -3.59. The molecular weight excluding hydrogens is 723 g/mol. The van der Waals surface area contributed by atoms with E-state index < -0.39 is 46.5 Å². The van der Waals surface area contributed by atoms with Gasteiger partial charge in [-0.05, 0) is 11.8 Å². The van der Waals surface area contributed by atoms with Crippen molar-refractivity contribution in [3.05, 3.63) is 50.2 Å². The molecule has 2 unspecified atom stereocenters. The summed E-state index contributed by atoms with van der Waals surface area (Å²) in [4.78, 5) is 25.3. The van der Waals surface area contributed by atoms with Crippen LogP contribution >= 0.6 is 116 Å². The minimum absolute atomic E-state index is 0.137. The summed E-state index contributed by atoms with van der Waals surface area (Å²) >= 11 is 60.0. The second-order valence-electron chi connectivity index (χ2n) is 7.75. The molecule has 1 heterocycles. The second kappa shape index (κ2) is 12.4. The summed E-state index contributed by atoms with van der Waals surface area (Å²) in [5.74, 6) is -4.89. The van der Waals surface area contributed by atoms with Crippen LogP contribution in [0, 0.1) is 11.8 Å². The molecule has 0 bridgehead atoms. The Bertz CT molecular complexity index is 1250. The maximum absolute atomic E-state index is 12.7. The number of benzene rings is 2. The fourth-order valence-electron chi connectivity index (χ4n) is 3.53. The molecule has 1 saturated heterocycles. The highest BCUT2D eigenvalue weighted by Gasteiger charge is 2.41. The van der Waals surface area contributed by atoms with Gasteiger partial charge in [-0.2, -0.15) is 0 Å². The van der Waals surface area contributed by atoms with Crippen LogP contribution in [-0.2, 0) is 19.4 Å². The molecule has 1 aliphatic rings. The third-order valence-electron chi connectivity index (χ3n) is 5.23. The van der Waals surface area contributed by atoms with Gasteiger partial charge in [0.15, 0.2) is 21.3 Å². The number of carbonyl (C=O) groups is 2. The molecule has 0 radical (unpaired) electrons. The number of ether oxygens (including phenoxy) is 2. The van der Waals surface area contributed by atoms with Gasteiger partial charge in [-0.25, -0.2) is 8.42 Å². The van der Waals surface area contributed by atoms with Crippen LogP contribution in [0.15, 0.2) is 0 Å². The van der Waals surface area contributed by atoms with Gasteiger partial charge in [0.2, 0.25) is 0 Å². The van der Waals surface area contributed by atoms with Gasteiger partial charge in [-0.1, -0.05) is 116 Å². The quantitative estimate of drug-likeness (QED) is 0.128. The number of rotatable bonds is 6. The molecule has 0 amide bonds. The normalized spacial score (nSPS) is 18.6. The molecule has 0 saturated carbocycles. The van der Waals surface area contributed by atoms with Crippen LogP contribution < -0.4 is 9.47 Å². The fraction of sp³-hybridized carbons (Fsp3) is 0.300. The van der Waals surface area contributed by atoms with Crippen molar-refractivity contribution in [3.8, 4) is 11.5 Å². The Morgan fingerprint density at radius 3 is 1.05 bits per heavy atom. The monoisotopic (exact) mass is 728 g/mol. The number of halogens is 10. The number of hydrogen-bond acceptors (Lipinski definition) is 6. The van der Waals surface area contributed by atoms with Crippen molar-refractivity contribution in [3.63, 3.8) is 0 Å². The summed E-state index contributed by atoms with van der Waals surface area (Å²) < 4.78 is 35.1. The Morgan fingerprint density at radius 2 is 0.784 bits per heavy atom. The van der Waals surface area contributed by atoms with Crippen LogP contribution in [0.5, 0.6) is 11.5 Å². The Kier molecular flexibility index (Phi) is 10.6. The molecule has 0 N–H and O–H groups in total. The van der Waals surface area contributed by atoms with Crippen molar-refractivity contribution >= 4 is 138 Å². The first kappa shape index (κ1) is 31.8. The average Bonchev–Trinajstić information content (AvgIpc) is 3.11. The lowest BCUT2D eigenvalue weighted by molar-refractivity contribution is -0.138. The van der Waals surface area contributed by atoms with E-state index >= 15 is 0 Å². The summed E-state index contributed by atoms with van der Waals surface area (Å²) in [5.41, 5.74) is 0. The van der Waals surface area contributed by atoms with Crippen molar-refractivity contribution < 1.29 is 27.5 Å². The number of hydrogen-bond donors (Lipinski definition) is 0. The Labute approximate surface area is 261 Å². The summed E-state index contributed by atoms with van der Waals surface area (Å²) in [6, 6.07) is 0. The van der Waals surface area contributed by atoms with Crippen LogP contribution in [0.3, 0.4) is 0 Å². The van der Waals surface area contributed by atoms with Gasteiger partial charge in [0, 0.05) is 0 Å². The first-order valence-corrected chi connectivity index (χ1v) is 15.3. The molecule has 0 aliphatic carbocycles. The maximum Gasteiger partial charge on any atom is 0.311 e. The van der Waals surface area contributed by atoms with Crippen molar-refractivity contribution in [1.82, 2.24) is 0 Å². The van der Waals surface area contributed by atoms with E-state index in [-0.39, 0.29) is 73.2 Å². The minimum Gasteiger partial charge on any atom is -0.423 e. The van der Waals surface area contributed by atoms with E-state index in [0.29, 0.717) is 0 Å². The first-order chi connectivity index (χ1) is 17.1. The second-order valence-corrected chi connectivity index (χ2v) is 13.7. The maximum atomic E-state index is 12.7. The highest BCUT2D eigenvalue weighted by molar-refractivity contribution is 7.91. The van der Waals surface area contributed by atoms with Crippen molar-refractivity contribution in [2.45, 2.75) is 12.8 Å². The molecule has 1 fully saturated rings. The van der Waals surface area contributed by atoms with Gasteiger partial charge < -0.3 is 9.47 Å². The Morgan fingerprint density at radius 1 is 0.541 bits per heavy atom. The summed E-state index contributed by atoms with van der Waals surface area (Å²) in [6.07, 6.45) is -0.830. The zero-order valence-electron chi connectivity index (χ0n) is 17.6. The molecule has 3 rings (SSSR count). The number of esters is 2. The molecule has 17 heteroatoms. The third-order valence-corrected chi connectivity index (χ3v) is 11.6. The minimum atomic E-state index is -3.59. The largest absolute Gasteiger partial charge is 0.423 e. The fourth-order valence-corrected chi connectivity index (χ4v) is 8.15. The van der Waals surface area contributed by atoms with E-state index in [1.807, 2.05) is 0 Å². The topological polar surface area (TPSA) is 86.7 Å². The lowest BCUT2D eigenvalue weighted by Gasteiger charge is -2.18. The van der Waals surface area contributed by atoms with E-state index in [1.165, 1.54) is 0 Å². The zero-order chi connectivity index (χ0) is 28.0. The molecule has 0 spiro atoms. The highest BCUT2D eigenvalue weighted by Crippen LogP contribution is 2.49. The van der Waals surface area contributed by atoms with E-state index in [9.17, 15) is 18.0 Å². The Hall–Kier alpha value is 0.230. The van der Waals surface area contributed by atoms with E-state index in [4.69, 9.17) is 125 Å². The number of sulfone groups is 1. The Balaban J connectivity index is 1.77. The predicted molar refractivity (Wildman–Crippen MR) is 149 cm³/mol. The van der Waals surface area contributed by atoms with Crippen LogP contribution in [0.4, 0.5) is 0 Å². The molecule has 0 aromatic heterocycles. The van der Waals surface area contributed by atoms with Crippen LogP contribution in [0.25, 0.3) is 0 Å². The van der Waals surface area contributed by atoms with Crippen molar-refractivity contribution in [2.75, 3.05) is 11.5 Å². The van der Waals surface area contributed by atoms with Crippen LogP contribution in [0.1, 0.15) is 12.8 Å². The SMILES string of the molecule is O=C(CC1CS(=O)(=O)CC1CC(=O)Oc1c(Cl)c(Cl)c(Cl)c(Cl)c1Cl)Oc1c(Cl)c(Cl)c(Cl)c(Cl)c1Cl. The molecule has 6 nitrogen and oxygen atoms in total. The lowest BCUT2D eigenvalue weighted by Crippen LogP contribution is -2.24. The number of carbonyl (C=O) groups excluding carboxylic acids is 2. The zero-order valence-corrected chi connectivity index (χ0v) is 26.0. The smallest absolute Gasteiger partial charge is 0.311 e. The molecule has 202 valence electrons. The van der Waals surface area contributed by atoms with Gasteiger partial charge in [0.25, 0.3) is 0 Å². The van der Waals surface area contributed by atoms with Gasteiger partial charge in [0.1, 0.15) is 20.1 Å². The van der Waals surface area contributed by atoms with Gasteiger partial charge >= 0.3 is 11.9 Å². The lowest BCUT2D eigenvalue weighted by atomic mass is 9.90. The van der Waals surface area contributed by atoms with Gasteiger partial charge in [-0.15, -0.1) is 0 Å².